The smallest absolute Gasteiger partial charge is 0.261 e. The van der Waals surface area contributed by atoms with Crippen LogP contribution in [-0.4, -0.2) is 24.6 Å². The van der Waals surface area contributed by atoms with Crippen molar-refractivity contribution in [1.29, 1.82) is 0 Å². The lowest BCUT2D eigenvalue weighted by molar-refractivity contribution is 0.102. The average Bonchev–Trinajstić information content (AvgIpc) is 3.11. The Bertz CT molecular complexity index is 912. The van der Waals surface area contributed by atoms with Crippen molar-refractivity contribution in [2.75, 3.05) is 5.32 Å². The number of H-pyrrole nitrogens is 1. The number of aromatic amines is 1. The van der Waals surface area contributed by atoms with Crippen LogP contribution in [-0.2, 0) is 9.84 Å². The highest BCUT2D eigenvalue weighted by molar-refractivity contribution is 7.92. The van der Waals surface area contributed by atoms with Gasteiger partial charge in [-0.05, 0) is 43.2 Å². The Morgan fingerprint density at radius 2 is 1.88 bits per heavy atom. The lowest BCUT2D eigenvalue weighted by Crippen LogP contribution is -2.23. The van der Waals surface area contributed by atoms with Gasteiger partial charge in [-0.3, -0.25) is 9.59 Å². The molecule has 2 N–H and O–H groups in total. The minimum Gasteiger partial charge on any atom is -0.328 e. The van der Waals surface area contributed by atoms with Gasteiger partial charge >= 0.3 is 0 Å². The van der Waals surface area contributed by atoms with E-state index < -0.39 is 21.3 Å². The molecule has 1 aliphatic rings. The molecule has 1 aliphatic carbocycles. The highest BCUT2D eigenvalue weighted by Gasteiger charge is 2.30. The molecule has 2 aromatic rings. The fourth-order valence-electron chi connectivity index (χ4n) is 2.94. The fourth-order valence-corrected chi connectivity index (χ4v) is 4.84. The van der Waals surface area contributed by atoms with Crippen molar-refractivity contribution in [2.24, 2.45) is 0 Å². The number of hydrogen-bond acceptors (Lipinski definition) is 4. The van der Waals surface area contributed by atoms with E-state index in [2.05, 4.69) is 10.3 Å². The SMILES string of the molecule is O=C(Nc1cccc(S(=O)(=O)C2CCCC2)c1)c1ccc[nH]c1=O. The molecule has 0 saturated heterocycles. The van der Waals surface area contributed by atoms with Crippen molar-refractivity contribution < 1.29 is 13.2 Å². The Labute approximate surface area is 139 Å². The zero-order valence-electron chi connectivity index (χ0n) is 13.0. The summed E-state index contributed by atoms with van der Waals surface area (Å²) >= 11 is 0. The molecular formula is C17H18N2O4S. The van der Waals surface area contributed by atoms with E-state index in [9.17, 15) is 18.0 Å². The number of benzene rings is 1. The van der Waals surface area contributed by atoms with E-state index in [1.165, 1.54) is 18.3 Å². The molecule has 0 spiro atoms. The van der Waals surface area contributed by atoms with Gasteiger partial charge in [0.25, 0.3) is 11.5 Å². The minimum absolute atomic E-state index is 0.0263. The number of pyridine rings is 1. The maximum atomic E-state index is 12.6. The van der Waals surface area contributed by atoms with Gasteiger partial charge in [-0.25, -0.2) is 8.42 Å². The summed E-state index contributed by atoms with van der Waals surface area (Å²) in [5.41, 5.74) is -0.173. The molecule has 1 aromatic carbocycles. The lowest BCUT2D eigenvalue weighted by atomic mass is 10.2. The fraction of sp³-hybridized carbons (Fsp3) is 0.294. The molecule has 126 valence electrons. The first-order valence-electron chi connectivity index (χ1n) is 7.81. The molecule has 1 heterocycles. The normalized spacial score (nSPS) is 15.3. The van der Waals surface area contributed by atoms with Crippen molar-refractivity contribution in [3.63, 3.8) is 0 Å². The summed E-state index contributed by atoms with van der Waals surface area (Å²) in [6.45, 7) is 0. The van der Waals surface area contributed by atoms with Crippen LogP contribution in [0.25, 0.3) is 0 Å². The first-order chi connectivity index (χ1) is 11.5. The molecule has 0 unspecified atom stereocenters. The van der Waals surface area contributed by atoms with E-state index in [0.29, 0.717) is 18.5 Å². The van der Waals surface area contributed by atoms with Gasteiger partial charge in [-0.15, -0.1) is 0 Å². The van der Waals surface area contributed by atoms with Gasteiger partial charge in [-0.2, -0.15) is 0 Å². The molecule has 1 aromatic heterocycles. The van der Waals surface area contributed by atoms with Crippen LogP contribution in [0.2, 0.25) is 0 Å². The minimum atomic E-state index is -3.39. The second-order valence-corrected chi connectivity index (χ2v) is 8.07. The van der Waals surface area contributed by atoms with E-state index in [-0.39, 0.29) is 15.7 Å². The first-order valence-corrected chi connectivity index (χ1v) is 9.36. The van der Waals surface area contributed by atoms with Crippen LogP contribution in [0, 0.1) is 0 Å². The second kappa shape index (κ2) is 6.60. The van der Waals surface area contributed by atoms with Gasteiger partial charge < -0.3 is 10.3 Å². The summed E-state index contributed by atoms with van der Waals surface area (Å²) in [7, 11) is -3.39. The van der Waals surface area contributed by atoms with Gasteiger partial charge in [-0.1, -0.05) is 18.9 Å². The Balaban J connectivity index is 1.85. The number of hydrogen-bond donors (Lipinski definition) is 2. The number of anilines is 1. The molecule has 1 fully saturated rings. The number of amides is 1. The maximum absolute atomic E-state index is 12.6. The highest BCUT2D eigenvalue weighted by atomic mass is 32.2. The maximum Gasteiger partial charge on any atom is 0.261 e. The number of aromatic nitrogens is 1. The van der Waals surface area contributed by atoms with Crippen LogP contribution in [0.3, 0.4) is 0 Å². The van der Waals surface area contributed by atoms with Crippen molar-refractivity contribution in [3.8, 4) is 0 Å². The molecule has 0 atom stereocenters. The zero-order valence-corrected chi connectivity index (χ0v) is 13.8. The summed E-state index contributed by atoms with van der Waals surface area (Å²) in [6.07, 6.45) is 4.65. The molecule has 3 rings (SSSR count). The summed E-state index contributed by atoms with van der Waals surface area (Å²) in [4.78, 5) is 26.4. The number of nitrogens with one attached hydrogen (secondary N) is 2. The quantitative estimate of drug-likeness (QED) is 0.888. The molecule has 24 heavy (non-hydrogen) atoms. The van der Waals surface area contributed by atoms with Gasteiger partial charge in [0.2, 0.25) is 0 Å². The summed E-state index contributed by atoms with van der Waals surface area (Å²) in [5, 5.41) is 2.23. The summed E-state index contributed by atoms with van der Waals surface area (Å²) < 4.78 is 25.3. The molecule has 0 bridgehead atoms. The molecule has 6 nitrogen and oxygen atoms in total. The molecule has 1 saturated carbocycles. The van der Waals surface area contributed by atoms with Crippen LogP contribution >= 0.6 is 0 Å². The number of carbonyl (C=O) groups excluding carboxylic acids is 1. The monoisotopic (exact) mass is 346 g/mol. The van der Waals surface area contributed by atoms with Crippen LogP contribution in [0.1, 0.15) is 36.0 Å². The Morgan fingerprint density at radius 1 is 1.12 bits per heavy atom. The third kappa shape index (κ3) is 3.26. The molecular weight excluding hydrogens is 328 g/mol. The zero-order chi connectivity index (χ0) is 17.2. The highest BCUT2D eigenvalue weighted by Crippen LogP contribution is 2.30. The third-order valence-corrected chi connectivity index (χ3v) is 6.48. The van der Waals surface area contributed by atoms with E-state index >= 15 is 0 Å². The van der Waals surface area contributed by atoms with Gasteiger partial charge in [0.05, 0.1) is 10.1 Å². The van der Waals surface area contributed by atoms with Gasteiger partial charge in [0.1, 0.15) is 5.56 Å². The van der Waals surface area contributed by atoms with E-state index in [4.69, 9.17) is 0 Å². The van der Waals surface area contributed by atoms with E-state index in [0.717, 1.165) is 12.8 Å². The average molecular weight is 346 g/mol. The van der Waals surface area contributed by atoms with Crippen LogP contribution < -0.4 is 10.9 Å². The summed E-state index contributed by atoms with van der Waals surface area (Å²) in [5.74, 6) is -0.577. The molecule has 0 aliphatic heterocycles. The second-order valence-electron chi connectivity index (χ2n) is 5.85. The Hall–Kier alpha value is -2.41. The largest absolute Gasteiger partial charge is 0.328 e. The Morgan fingerprint density at radius 3 is 2.58 bits per heavy atom. The van der Waals surface area contributed by atoms with Gasteiger partial charge in [0, 0.05) is 11.9 Å². The first kappa shape index (κ1) is 16.4. The van der Waals surface area contributed by atoms with Gasteiger partial charge in [0.15, 0.2) is 9.84 Å². The predicted molar refractivity (Wildman–Crippen MR) is 90.9 cm³/mol. The van der Waals surface area contributed by atoms with Crippen LogP contribution in [0.15, 0.2) is 52.3 Å². The van der Waals surface area contributed by atoms with Crippen molar-refractivity contribution in [3.05, 3.63) is 58.5 Å². The third-order valence-electron chi connectivity index (χ3n) is 4.22. The van der Waals surface area contributed by atoms with Crippen LogP contribution in [0.5, 0.6) is 0 Å². The Kier molecular flexibility index (Phi) is 4.53. The van der Waals surface area contributed by atoms with Crippen molar-refractivity contribution >= 4 is 21.4 Å². The van der Waals surface area contributed by atoms with E-state index in [1.54, 1.807) is 24.3 Å². The topological polar surface area (TPSA) is 96.1 Å². The predicted octanol–water partition coefficient (Wildman–Crippen LogP) is 2.34. The lowest BCUT2D eigenvalue weighted by Gasteiger charge is -2.12. The number of rotatable bonds is 4. The summed E-state index contributed by atoms with van der Waals surface area (Å²) in [6, 6.07) is 9.14. The van der Waals surface area contributed by atoms with Crippen molar-refractivity contribution in [2.45, 2.75) is 35.8 Å². The molecule has 1 amide bonds. The number of carbonyl (C=O) groups is 1. The van der Waals surface area contributed by atoms with Crippen molar-refractivity contribution in [1.82, 2.24) is 4.98 Å². The molecule has 7 heteroatoms. The van der Waals surface area contributed by atoms with E-state index in [1.807, 2.05) is 0 Å². The van der Waals surface area contributed by atoms with Crippen LogP contribution in [0.4, 0.5) is 5.69 Å². The molecule has 0 radical (unpaired) electrons. The number of sulfone groups is 1. The standard InChI is InChI=1S/C17H18N2O4S/c20-16-15(9-4-10-18-16)17(21)19-12-5-3-8-14(11-12)24(22,23)13-6-1-2-7-13/h3-5,8-11,13H,1-2,6-7H2,(H,18,20)(H,19,21).